The standard InChI is InChI=1S/C17H18N2O3/c1-22-15-7-4-6-14(11-15)18-10-9-13-5-2-3-8-16(13)17(18)12-19(20)21/h2-8,11,17H,9-10,12H2,1H3. The lowest BCUT2D eigenvalue weighted by Gasteiger charge is -2.37. The summed E-state index contributed by atoms with van der Waals surface area (Å²) in [5, 5.41) is 11.1. The summed E-state index contributed by atoms with van der Waals surface area (Å²) in [6.07, 6.45) is 0.890. The van der Waals surface area contributed by atoms with E-state index in [1.165, 1.54) is 5.56 Å². The van der Waals surface area contributed by atoms with Gasteiger partial charge in [0.1, 0.15) is 11.8 Å². The summed E-state index contributed by atoms with van der Waals surface area (Å²) in [5.74, 6) is 0.760. The molecule has 2 aromatic carbocycles. The van der Waals surface area contributed by atoms with E-state index in [9.17, 15) is 10.1 Å². The second-order valence-corrected chi connectivity index (χ2v) is 5.37. The van der Waals surface area contributed by atoms with Crippen LogP contribution in [0, 0.1) is 10.1 Å². The van der Waals surface area contributed by atoms with Crippen molar-refractivity contribution in [1.29, 1.82) is 0 Å². The summed E-state index contributed by atoms with van der Waals surface area (Å²) in [4.78, 5) is 13.0. The van der Waals surface area contributed by atoms with Gasteiger partial charge in [-0.2, -0.15) is 0 Å². The van der Waals surface area contributed by atoms with Gasteiger partial charge in [-0.3, -0.25) is 10.1 Å². The first-order valence-corrected chi connectivity index (χ1v) is 7.29. The molecule has 0 bridgehead atoms. The highest BCUT2D eigenvalue weighted by Gasteiger charge is 2.31. The Kier molecular flexibility index (Phi) is 3.96. The molecule has 2 aromatic rings. The van der Waals surface area contributed by atoms with Crippen LogP contribution in [0.4, 0.5) is 5.69 Å². The molecule has 114 valence electrons. The van der Waals surface area contributed by atoms with E-state index in [-0.39, 0.29) is 17.5 Å². The number of hydrogen-bond donors (Lipinski definition) is 0. The molecule has 1 aliphatic heterocycles. The minimum Gasteiger partial charge on any atom is -0.497 e. The van der Waals surface area contributed by atoms with E-state index in [1.807, 2.05) is 42.5 Å². The van der Waals surface area contributed by atoms with Gasteiger partial charge in [0.15, 0.2) is 0 Å². The van der Waals surface area contributed by atoms with Crippen LogP contribution in [0.1, 0.15) is 17.2 Å². The Balaban J connectivity index is 2.01. The molecule has 0 amide bonds. The third-order valence-corrected chi connectivity index (χ3v) is 4.12. The van der Waals surface area contributed by atoms with Gasteiger partial charge in [-0.15, -0.1) is 0 Å². The van der Waals surface area contributed by atoms with Gasteiger partial charge >= 0.3 is 0 Å². The molecule has 5 nitrogen and oxygen atoms in total. The third kappa shape index (κ3) is 2.74. The van der Waals surface area contributed by atoms with Crippen LogP contribution in [0.2, 0.25) is 0 Å². The normalized spacial score (nSPS) is 17.0. The van der Waals surface area contributed by atoms with E-state index in [0.29, 0.717) is 0 Å². The van der Waals surface area contributed by atoms with Crippen molar-refractivity contribution in [1.82, 2.24) is 0 Å². The molecule has 3 rings (SSSR count). The van der Waals surface area contributed by atoms with Crippen LogP contribution in [0.15, 0.2) is 48.5 Å². The van der Waals surface area contributed by atoms with Gasteiger partial charge in [-0.25, -0.2) is 0 Å². The Hall–Kier alpha value is -2.56. The highest BCUT2D eigenvalue weighted by molar-refractivity contribution is 5.55. The lowest BCUT2D eigenvalue weighted by molar-refractivity contribution is -0.483. The Bertz CT molecular complexity index is 687. The highest BCUT2D eigenvalue weighted by Crippen LogP contribution is 2.35. The minimum atomic E-state index is -0.243. The van der Waals surface area contributed by atoms with E-state index < -0.39 is 0 Å². The highest BCUT2D eigenvalue weighted by atomic mass is 16.6. The number of nitrogens with zero attached hydrogens (tertiary/aromatic N) is 2. The van der Waals surface area contributed by atoms with E-state index in [0.717, 1.165) is 30.0 Å². The molecular weight excluding hydrogens is 280 g/mol. The largest absolute Gasteiger partial charge is 0.497 e. The zero-order valence-corrected chi connectivity index (χ0v) is 12.4. The summed E-state index contributed by atoms with van der Waals surface area (Å²) in [6, 6.07) is 15.4. The van der Waals surface area contributed by atoms with Gasteiger partial charge < -0.3 is 9.64 Å². The fourth-order valence-electron chi connectivity index (χ4n) is 3.09. The summed E-state index contributed by atoms with van der Waals surface area (Å²) in [6.45, 7) is 0.664. The van der Waals surface area contributed by atoms with Crippen LogP contribution < -0.4 is 9.64 Å². The Morgan fingerprint density at radius 3 is 2.86 bits per heavy atom. The minimum absolute atomic E-state index is 0.103. The molecule has 0 saturated carbocycles. The molecule has 22 heavy (non-hydrogen) atoms. The van der Waals surface area contributed by atoms with Crippen molar-refractivity contribution >= 4 is 5.69 Å². The fraction of sp³-hybridized carbons (Fsp3) is 0.294. The molecule has 5 heteroatoms. The molecule has 1 atom stereocenters. The van der Waals surface area contributed by atoms with Crippen molar-refractivity contribution in [2.24, 2.45) is 0 Å². The van der Waals surface area contributed by atoms with Crippen molar-refractivity contribution in [3.05, 3.63) is 69.8 Å². The van der Waals surface area contributed by atoms with Crippen LogP contribution in [0.25, 0.3) is 0 Å². The second kappa shape index (κ2) is 6.05. The molecule has 0 spiro atoms. The van der Waals surface area contributed by atoms with E-state index in [4.69, 9.17) is 4.74 Å². The van der Waals surface area contributed by atoms with E-state index in [2.05, 4.69) is 11.0 Å². The van der Waals surface area contributed by atoms with Crippen LogP contribution >= 0.6 is 0 Å². The number of methoxy groups -OCH3 is 1. The Morgan fingerprint density at radius 2 is 2.09 bits per heavy atom. The summed E-state index contributed by atoms with van der Waals surface area (Å²) in [7, 11) is 1.62. The van der Waals surface area contributed by atoms with Crippen LogP contribution in [0.5, 0.6) is 5.75 Å². The molecule has 0 saturated heterocycles. The van der Waals surface area contributed by atoms with Gasteiger partial charge in [-0.05, 0) is 29.7 Å². The molecule has 0 aliphatic carbocycles. The molecule has 0 fully saturated rings. The first kappa shape index (κ1) is 14.4. The van der Waals surface area contributed by atoms with Crippen molar-refractivity contribution in [3.63, 3.8) is 0 Å². The lowest BCUT2D eigenvalue weighted by Crippen LogP contribution is -2.39. The third-order valence-electron chi connectivity index (χ3n) is 4.12. The molecule has 1 aliphatic rings. The van der Waals surface area contributed by atoms with Crippen molar-refractivity contribution in [2.75, 3.05) is 25.1 Å². The Labute approximate surface area is 129 Å². The number of rotatable bonds is 4. The molecule has 1 unspecified atom stereocenters. The van der Waals surface area contributed by atoms with Crippen LogP contribution in [0.3, 0.4) is 0 Å². The monoisotopic (exact) mass is 298 g/mol. The maximum absolute atomic E-state index is 11.1. The average molecular weight is 298 g/mol. The maximum atomic E-state index is 11.1. The van der Waals surface area contributed by atoms with Crippen LogP contribution in [-0.4, -0.2) is 25.1 Å². The molecule has 0 N–H and O–H groups in total. The fourth-order valence-corrected chi connectivity index (χ4v) is 3.09. The number of hydrogen-bond acceptors (Lipinski definition) is 4. The number of benzene rings is 2. The Morgan fingerprint density at radius 1 is 1.27 bits per heavy atom. The summed E-state index contributed by atoms with van der Waals surface area (Å²) < 4.78 is 5.27. The number of anilines is 1. The van der Waals surface area contributed by atoms with Gasteiger partial charge in [0.2, 0.25) is 6.54 Å². The van der Waals surface area contributed by atoms with Crippen molar-refractivity contribution in [3.8, 4) is 5.75 Å². The zero-order valence-electron chi connectivity index (χ0n) is 12.4. The van der Waals surface area contributed by atoms with Gasteiger partial charge in [0.05, 0.1) is 7.11 Å². The molecule has 0 aromatic heterocycles. The zero-order chi connectivity index (χ0) is 15.5. The predicted molar refractivity (Wildman–Crippen MR) is 85.1 cm³/mol. The average Bonchev–Trinajstić information content (AvgIpc) is 2.55. The van der Waals surface area contributed by atoms with E-state index >= 15 is 0 Å². The SMILES string of the molecule is COc1cccc(N2CCc3ccccc3C2C[N+](=O)[O-])c1. The summed E-state index contributed by atoms with van der Waals surface area (Å²) in [5.41, 5.74) is 3.21. The van der Waals surface area contributed by atoms with Crippen molar-refractivity contribution in [2.45, 2.75) is 12.5 Å². The van der Waals surface area contributed by atoms with Crippen molar-refractivity contribution < 1.29 is 9.66 Å². The smallest absolute Gasteiger partial charge is 0.228 e. The first-order chi connectivity index (χ1) is 10.7. The van der Waals surface area contributed by atoms with Gasteiger partial charge in [-0.1, -0.05) is 30.3 Å². The quantitative estimate of drug-likeness (QED) is 0.643. The van der Waals surface area contributed by atoms with Crippen LogP contribution in [-0.2, 0) is 6.42 Å². The number of nitro groups is 1. The predicted octanol–water partition coefficient (Wildman–Crippen LogP) is 3.08. The molecule has 0 radical (unpaired) electrons. The lowest BCUT2D eigenvalue weighted by atomic mass is 9.92. The number of fused-ring (bicyclic) bond motifs is 1. The first-order valence-electron chi connectivity index (χ1n) is 7.29. The summed E-state index contributed by atoms with van der Waals surface area (Å²) >= 11 is 0. The molecule has 1 heterocycles. The molecular formula is C17H18N2O3. The van der Waals surface area contributed by atoms with Gasteiger partial charge in [0.25, 0.3) is 0 Å². The van der Waals surface area contributed by atoms with Gasteiger partial charge in [0, 0.05) is 23.2 Å². The number of ether oxygens (including phenoxy) is 1. The van der Waals surface area contributed by atoms with E-state index in [1.54, 1.807) is 7.11 Å². The topological polar surface area (TPSA) is 55.6 Å². The second-order valence-electron chi connectivity index (χ2n) is 5.37. The maximum Gasteiger partial charge on any atom is 0.228 e.